The first-order chi connectivity index (χ1) is 8.74. The van der Waals surface area contributed by atoms with Gasteiger partial charge >= 0.3 is 5.97 Å². The van der Waals surface area contributed by atoms with Crippen LogP contribution >= 0.6 is 0 Å². The second-order valence-electron chi connectivity index (χ2n) is 4.61. The van der Waals surface area contributed by atoms with Crippen molar-refractivity contribution >= 4 is 5.97 Å². The molecular weight excluding hydrogens is 228 g/mol. The number of carbonyl (C=O) groups excluding carboxylic acids is 1. The maximum Gasteiger partial charge on any atom is 0.310 e. The minimum Gasteiger partial charge on any atom is -0.497 e. The van der Waals surface area contributed by atoms with Gasteiger partial charge in [-0.25, -0.2) is 0 Å². The molecule has 0 amide bonds. The Labute approximate surface area is 108 Å². The lowest BCUT2D eigenvalue weighted by Gasteiger charge is -2.20. The van der Waals surface area contributed by atoms with Crippen molar-refractivity contribution in [1.29, 1.82) is 0 Å². The summed E-state index contributed by atoms with van der Waals surface area (Å²) in [4.78, 5) is 11.6. The molecule has 1 aromatic rings. The van der Waals surface area contributed by atoms with Gasteiger partial charge in [-0.15, -0.1) is 0 Å². The lowest BCUT2D eigenvalue weighted by molar-refractivity contribution is -0.142. The number of methoxy groups -OCH3 is 1. The smallest absolute Gasteiger partial charge is 0.310 e. The van der Waals surface area contributed by atoms with E-state index in [1.54, 1.807) is 7.11 Å². The minimum absolute atomic E-state index is 0.154. The fourth-order valence-corrected chi connectivity index (χ4v) is 2.57. The van der Waals surface area contributed by atoms with Gasteiger partial charge in [0.15, 0.2) is 0 Å². The van der Waals surface area contributed by atoms with Gasteiger partial charge in [0, 0.05) is 0 Å². The Balaban J connectivity index is 2.29. The first-order valence-corrected chi connectivity index (χ1v) is 6.59. The predicted octanol–water partition coefficient (Wildman–Crippen LogP) is 2.68. The highest BCUT2D eigenvalue weighted by Crippen LogP contribution is 2.29. The topological polar surface area (TPSA) is 35.5 Å². The van der Waals surface area contributed by atoms with Crippen LogP contribution < -0.4 is 4.74 Å². The van der Waals surface area contributed by atoms with Crippen LogP contribution in [0.2, 0.25) is 0 Å². The minimum atomic E-state index is -0.154. The molecule has 0 unspecified atom stereocenters. The van der Waals surface area contributed by atoms with Crippen LogP contribution in [0.1, 0.15) is 36.5 Å². The van der Waals surface area contributed by atoms with E-state index in [0.29, 0.717) is 13.0 Å². The zero-order valence-electron chi connectivity index (χ0n) is 11.1. The van der Waals surface area contributed by atoms with Crippen LogP contribution in [0.4, 0.5) is 0 Å². The lowest BCUT2D eigenvalue weighted by Crippen LogP contribution is -2.13. The second kappa shape index (κ2) is 5.89. The highest BCUT2D eigenvalue weighted by Gasteiger charge is 2.17. The van der Waals surface area contributed by atoms with E-state index >= 15 is 0 Å². The molecule has 0 aromatic heterocycles. The molecule has 0 aliphatic heterocycles. The summed E-state index contributed by atoms with van der Waals surface area (Å²) in [6, 6.07) is 4.07. The number of hydrogen-bond acceptors (Lipinski definition) is 3. The maximum atomic E-state index is 11.6. The van der Waals surface area contributed by atoms with Gasteiger partial charge in [0.2, 0.25) is 0 Å². The molecule has 18 heavy (non-hydrogen) atoms. The summed E-state index contributed by atoms with van der Waals surface area (Å²) in [5, 5.41) is 0. The summed E-state index contributed by atoms with van der Waals surface area (Å²) in [6.45, 7) is 2.27. The third-order valence-corrected chi connectivity index (χ3v) is 3.41. The van der Waals surface area contributed by atoms with Crippen molar-refractivity contribution in [3.05, 3.63) is 28.8 Å². The van der Waals surface area contributed by atoms with Crippen molar-refractivity contribution in [3.63, 3.8) is 0 Å². The molecule has 0 spiro atoms. The zero-order chi connectivity index (χ0) is 13.0. The Morgan fingerprint density at radius 2 is 2.06 bits per heavy atom. The molecule has 0 heterocycles. The van der Waals surface area contributed by atoms with Crippen molar-refractivity contribution in [2.45, 2.75) is 39.0 Å². The van der Waals surface area contributed by atoms with E-state index in [9.17, 15) is 4.79 Å². The highest BCUT2D eigenvalue weighted by molar-refractivity contribution is 5.73. The molecule has 3 heteroatoms. The Bertz CT molecular complexity index is 438. The van der Waals surface area contributed by atoms with Crippen LogP contribution in [0, 0.1) is 0 Å². The number of fused-ring (bicyclic) bond motifs is 1. The quantitative estimate of drug-likeness (QED) is 0.768. The summed E-state index contributed by atoms with van der Waals surface area (Å²) < 4.78 is 10.3. The van der Waals surface area contributed by atoms with E-state index in [4.69, 9.17) is 9.47 Å². The summed E-state index contributed by atoms with van der Waals surface area (Å²) in [6.07, 6.45) is 4.93. The molecule has 0 atom stereocenters. The number of esters is 1. The van der Waals surface area contributed by atoms with Gasteiger partial charge in [-0.3, -0.25) is 4.79 Å². The van der Waals surface area contributed by atoms with E-state index < -0.39 is 0 Å². The molecule has 0 N–H and O–H groups in total. The molecule has 1 aliphatic carbocycles. The van der Waals surface area contributed by atoms with E-state index in [1.165, 1.54) is 24.0 Å². The Morgan fingerprint density at radius 3 is 2.78 bits per heavy atom. The number of carbonyl (C=O) groups is 1. The standard InChI is InChI=1S/C15H20O3/c1-3-18-15(16)10-12-9-13(17-2)8-11-6-4-5-7-14(11)12/h8-9H,3-7,10H2,1-2H3. The van der Waals surface area contributed by atoms with E-state index in [-0.39, 0.29) is 5.97 Å². The first-order valence-electron chi connectivity index (χ1n) is 6.59. The molecule has 0 fully saturated rings. The summed E-state index contributed by atoms with van der Waals surface area (Å²) >= 11 is 0. The predicted molar refractivity (Wildman–Crippen MR) is 70.0 cm³/mol. The first kappa shape index (κ1) is 12.9. The van der Waals surface area contributed by atoms with Crippen LogP contribution in [-0.4, -0.2) is 19.7 Å². The molecule has 1 aliphatic rings. The number of ether oxygens (including phenoxy) is 2. The molecule has 2 rings (SSSR count). The monoisotopic (exact) mass is 248 g/mol. The van der Waals surface area contributed by atoms with Gasteiger partial charge in [-0.1, -0.05) is 0 Å². The molecule has 3 nitrogen and oxygen atoms in total. The number of rotatable bonds is 4. The summed E-state index contributed by atoms with van der Waals surface area (Å²) in [7, 11) is 1.67. The average Bonchev–Trinajstić information content (AvgIpc) is 2.38. The fourth-order valence-electron chi connectivity index (χ4n) is 2.57. The van der Waals surface area contributed by atoms with Gasteiger partial charge in [0.25, 0.3) is 0 Å². The third-order valence-electron chi connectivity index (χ3n) is 3.41. The number of hydrogen-bond donors (Lipinski definition) is 0. The lowest BCUT2D eigenvalue weighted by atomic mass is 9.87. The van der Waals surface area contributed by atoms with Gasteiger partial charge in [0.1, 0.15) is 5.75 Å². The number of benzene rings is 1. The van der Waals surface area contributed by atoms with E-state index in [1.807, 2.05) is 13.0 Å². The van der Waals surface area contributed by atoms with Gasteiger partial charge < -0.3 is 9.47 Å². The summed E-state index contributed by atoms with van der Waals surface area (Å²) in [5.74, 6) is 0.688. The third kappa shape index (κ3) is 2.84. The van der Waals surface area contributed by atoms with Gasteiger partial charge in [-0.05, 0) is 61.4 Å². The maximum absolute atomic E-state index is 11.6. The Kier molecular flexibility index (Phi) is 4.24. The van der Waals surface area contributed by atoms with Crippen LogP contribution in [-0.2, 0) is 28.8 Å². The highest BCUT2D eigenvalue weighted by atomic mass is 16.5. The van der Waals surface area contributed by atoms with Crippen LogP contribution in [0.25, 0.3) is 0 Å². The van der Waals surface area contributed by atoms with Gasteiger partial charge in [-0.2, -0.15) is 0 Å². The van der Waals surface area contributed by atoms with Crippen molar-refractivity contribution in [1.82, 2.24) is 0 Å². The van der Waals surface area contributed by atoms with E-state index in [2.05, 4.69) is 6.07 Å². The molecule has 98 valence electrons. The normalized spacial score (nSPS) is 13.9. The molecular formula is C15H20O3. The Morgan fingerprint density at radius 1 is 1.28 bits per heavy atom. The van der Waals surface area contributed by atoms with Gasteiger partial charge in [0.05, 0.1) is 20.1 Å². The van der Waals surface area contributed by atoms with Crippen molar-refractivity contribution in [2.24, 2.45) is 0 Å². The van der Waals surface area contributed by atoms with Crippen molar-refractivity contribution in [2.75, 3.05) is 13.7 Å². The average molecular weight is 248 g/mol. The van der Waals surface area contributed by atoms with Crippen LogP contribution in [0.15, 0.2) is 12.1 Å². The Hall–Kier alpha value is -1.51. The SMILES string of the molecule is CCOC(=O)Cc1cc(OC)cc2c1CCCC2. The molecule has 0 bridgehead atoms. The van der Waals surface area contributed by atoms with Crippen LogP contribution in [0.3, 0.4) is 0 Å². The molecule has 1 aromatic carbocycles. The second-order valence-corrected chi connectivity index (χ2v) is 4.61. The summed E-state index contributed by atoms with van der Waals surface area (Å²) in [5.41, 5.74) is 3.73. The van der Waals surface area contributed by atoms with Crippen molar-refractivity contribution in [3.8, 4) is 5.75 Å². The largest absolute Gasteiger partial charge is 0.497 e. The molecule has 0 saturated carbocycles. The molecule has 0 radical (unpaired) electrons. The fraction of sp³-hybridized carbons (Fsp3) is 0.533. The number of aryl methyl sites for hydroxylation is 1. The van der Waals surface area contributed by atoms with Crippen molar-refractivity contribution < 1.29 is 14.3 Å². The van der Waals surface area contributed by atoms with Crippen LogP contribution in [0.5, 0.6) is 5.75 Å². The molecule has 0 saturated heterocycles. The zero-order valence-corrected chi connectivity index (χ0v) is 11.1. The van der Waals surface area contributed by atoms with E-state index in [0.717, 1.165) is 24.2 Å².